The molecule has 0 aromatic heterocycles. The van der Waals surface area contributed by atoms with Crippen molar-refractivity contribution in [3.05, 3.63) is 34.3 Å². The number of amides is 1. The molecule has 0 aliphatic heterocycles. The number of carbonyl (C=O) groups is 1. The third-order valence-electron chi connectivity index (χ3n) is 3.52. The minimum atomic E-state index is 0. The number of nitrogens with one attached hydrogen (secondary N) is 1. The molecule has 19 heavy (non-hydrogen) atoms. The molecule has 1 amide bonds. The predicted octanol–water partition coefficient (Wildman–Crippen LogP) is 2.76. The summed E-state index contributed by atoms with van der Waals surface area (Å²) < 4.78 is 1.10. The zero-order chi connectivity index (χ0) is 13.0. The van der Waals surface area contributed by atoms with Crippen LogP contribution < -0.4 is 11.1 Å². The van der Waals surface area contributed by atoms with Crippen molar-refractivity contribution < 1.29 is 4.79 Å². The molecule has 1 aliphatic rings. The van der Waals surface area contributed by atoms with Crippen molar-refractivity contribution in [2.45, 2.75) is 31.1 Å². The monoisotopic (exact) mass is 346 g/mol. The summed E-state index contributed by atoms with van der Waals surface area (Å²) >= 11 is 3.50. The van der Waals surface area contributed by atoms with Crippen LogP contribution in [0.5, 0.6) is 0 Å². The molecule has 106 valence electrons. The third kappa shape index (κ3) is 4.48. The summed E-state index contributed by atoms with van der Waals surface area (Å²) in [5, 5.41) is 3.03. The lowest BCUT2D eigenvalue weighted by atomic mass is 9.96. The molecule has 3 N–H and O–H groups in total. The molecule has 2 rings (SSSR count). The molecule has 0 heterocycles. The summed E-state index contributed by atoms with van der Waals surface area (Å²) in [5.74, 6) is 0.113. The number of hydrogen-bond donors (Lipinski definition) is 2. The number of halogens is 2. The van der Waals surface area contributed by atoms with Crippen LogP contribution in [0.1, 0.15) is 31.2 Å². The second-order valence-electron chi connectivity index (χ2n) is 4.96. The maximum absolute atomic E-state index is 11.6. The highest BCUT2D eigenvalue weighted by Crippen LogP contribution is 2.48. The van der Waals surface area contributed by atoms with Crippen molar-refractivity contribution in [1.82, 2.24) is 5.32 Å². The highest BCUT2D eigenvalue weighted by atomic mass is 79.9. The van der Waals surface area contributed by atoms with Gasteiger partial charge in [-0.3, -0.25) is 4.79 Å². The summed E-state index contributed by atoms with van der Waals surface area (Å²) in [7, 11) is 0. The highest BCUT2D eigenvalue weighted by Gasteiger charge is 2.44. The van der Waals surface area contributed by atoms with Crippen LogP contribution in [0.2, 0.25) is 0 Å². The molecule has 1 fully saturated rings. The van der Waals surface area contributed by atoms with Crippen molar-refractivity contribution in [1.29, 1.82) is 0 Å². The molecular weight excluding hydrogens is 328 g/mol. The van der Waals surface area contributed by atoms with E-state index in [1.54, 1.807) is 0 Å². The van der Waals surface area contributed by atoms with E-state index in [1.807, 2.05) is 6.07 Å². The van der Waals surface area contributed by atoms with E-state index in [2.05, 4.69) is 39.4 Å². The molecule has 3 nitrogen and oxygen atoms in total. The third-order valence-corrected chi connectivity index (χ3v) is 4.02. The van der Waals surface area contributed by atoms with Gasteiger partial charge >= 0.3 is 0 Å². The Labute approximate surface area is 128 Å². The van der Waals surface area contributed by atoms with Gasteiger partial charge in [0.1, 0.15) is 0 Å². The minimum absolute atomic E-state index is 0. The molecular formula is C14H20BrClN2O. The highest BCUT2D eigenvalue weighted by molar-refractivity contribution is 9.10. The van der Waals surface area contributed by atoms with Gasteiger partial charge in [-0.05, 0) is 43.5 Å². The van der Waals surface area contributed by atoms with Gasteiger partial charge in [0.25, 0.3) is 0 Å². The predicted molar refractivity (Wildman–Crippen MR) is 83.6 cm³/mol. The number of nitrogens with two attached hydrogens (primary N) is 1. The second kappa shape index (κ2) is 7.27. The molecule has 0 radical (unpaired) electrons. The van der Waals surface area contributed by atoms with Crippen LogP contribution in [0, 0.1) is 0 Å². The average molecular weight is 348 g/mol. The lowest BCUT2D eigenvalue weighted by molar-refractivity contribution is -0.121. The average Bonchev–Trinajstić information content (AvgIpc) is 3.15. The summed E-state index contributed by atoms with van der Waals surface area (Å²) in [6, 6.07) is 8.37. The molecule has 1 aliphatic carbocycles. The fourth-order valence-corrected chi connectivity index (χ4v) is 2.55. The summed E-state index contributed by atoms with van der Waals surface area (Å²) in [5.41, 5.74) is 6.88. The summed E-state index contributed by atoms with van der Waals surface area (Å²) in [4.78, 5) is 11.6. The zero-order valence-electron chi connectivity index (χ0n) is 10.8. The molecule has 1 aromatic carbocycles. The number of rotatable bonds is 6. The van der Waals surface area contributed by atoms with Crippen LogP contribution in [-0.2, 0) is 10.2 Å². The Balaban J connectivity index is 0.00000180. The first-order chi connectivity index (χ1) is 8.66. The molecule has 0 saturated heterocycles. The standard InChI is InChI=1S/C14H19BrN2O.ClH/c15-12-4-1-3-11(9-12)14(6-7-14)10-17-13(18)5-2-8-16;/h1,3-4,9H,2,5-8,10,16H2,(H,17,18);1H. The maximum atomic E-state index is 11.6. The summed E-state index contributed by atoms with van der Waals surface area (Å²) in [6.45, 7) is 1.32. The Morgan fingerprint density at radius 2 is 2.16 bits per heavy atom. The molecule has 5 heteroatoms. The number of benzene rings is 1. The van der Waals surface area contributed by atoms with Crippen molar-refractivity contribution in [2.24, 2.45) is 5.73 Å². The van der Waals surface area contributed by atoms with Crippen LogP contribution >= 0.6 is 28.3 Å². The van der Waals surface area contributed by atoms with Crippen LogP contribution in [0.25, 0.3) is 0 Å². The van der Waals surface area contributed by atoms with Gasteiger partial charge in [-0.2, -0.15) is 0 Å². The maximum Gasteiger partial charge on any atom is 0.220 e. The van der Waals surface area contributed by atoms with E-state index in [0.717, 1.165) is 30.3 Å². The van der Waals surface area contributed by atoms with Gasteiger partial charge in [0, 0.05) is 22.9 Å². The molecule has 0 unspecified atom stereocenters. The van der Waals surface area contributed by atoms with Gasteiger partial charge in [-0.15, -0.1) is 12.4 Å². The van der Waals surface area contributed by atoms with E-state index < -0.39 is 0 Å². The van der Waals surface area contributed by atoms with Crippen molar-refractivity contribution in [2.75, 3.05) is 13.1 Å². The van der Waals surface area contributed by atoms with E-state index >= 15 is 0 Å². The fourth-order valence-electron chi connectivity index (χ4n) is 2.16. The van der Waals surface area contributed by atoms with Crippen LogP contribution in [0.15, 0.2) is 28.7 Å². The van der Waals surface area contributed by atoms with Crippen molar-refractivity contribution >= 4 is 34.2 Å². The Morgan fingerprint density at radius 1 is 1.42 bits per heavy atom. The molecule has 0 bridgehead atoms. The van der Waals surface area contributed by atoms with E-state index in [0.29, 0.717) is 13.0 Å². The van der Waals surface area contributed by atoms with Crippen LogP contribution in [0.4, 0.5) is 0 Å². The van der Waals surface area contributed by atoms with Gasteiger partial charge in [0.05, 0.1) is 0 Å². The normalized spacial score (nSPS) is 15.5. The Hall–Kier alpha value is -0.580. The molecule has 1 saturated carbocycles. The van der Waals surface area contributed by atoms with Crippen LogP contribution in [0.3, 0.4) is 0 Å². The second-order valence-corrected chi connectivity index (χ2v) is 5.88. The first-order valence-corrected chi connectivity index (χ1v) is 7.18. The van der Waals surface area contributed by atoms with Gasteiger partial charge in [0.2, 0.25) is 5.91 Å². The van der Waals surface area contributed by atoms with E-state index in [4.69, 9.17) is 5.73 Å². The van der Waals surface area contributed by atoms with E-state index in [9.17, 15) is 4.79 Å². The number of carbonyl (C=O) groups excluding carboxylic acids is 1. The Kier molecular flexibility index (Phi) is 6.30. The quantitative estimate of drug-likeness (QED) is 0.831. The van der Waals surface area contributed by atoms with E-state index in [-0.39, 0.29) is 23.7 Å². The smallest absolute Gasteiger partial charge is 0.220 e. The number of hydrogen-bond acceptors (Lipinski definition) is 2. The topological polar surface area (TPSA) is 55.1 Å². The van der Waals surface area contributed by atoms with Crippen molar-refractivity contribution in [3.63, 3.8) is 0 Å². The Bertz CT molecular complexity index is 435. The molecule has 0 spiro atoms. The minimum Gasteiger partial charge on any atom is -0.355 e. The van der Waals surface area contributed by atoms with Gasteiger partial charge in [0.15, 0.2) is 0 Å². The first kappa shape index (κ1) is 16.5. The lowest BCUT2D eigenvalue weighted by Crippen LogP contribution is -2.32. The van der Waals surface area contributed by atoms with Crippen LogP contribution in [-0.4, -0.2) is 19.0 Å². The van der Waals surface area contributed by atoms with Crippen molar-refractivity contribution in [3.8, 4) is 0 Å². The fraction of sp³-hybridized carbons (Fsp3) is 0.500. The van der Waals surface area contributed by atoms with Gasteiger partial charge < -0.3 is 11.1 Å². The SMILES string of the molecule is Cl.NCCCC(=O)NCC1(c2cccc(Br)c2)CC1. The van der Waals surface area contributed by atoms with E-state index in [1.165, 1.54) is 5.56 Å². The van der Waals surface area contributed by atoms with Gasteiger partial charge in [-0.25, -0.2) is 0 Å². The van der Waals surface area contributed by atoms with Gasteiger partial charge in [-0.1, -0.05) is 28.1 Å². The molecule has 1 aromatic rings. The molecule has 0 atom stereocenters. The lowest BCUT2D eigenvalue weighted by Gasteiger charge is -2.17. The summed E-state index contributed by atoms with van der Waals surface area (Å²) in [6.07, 6.45) is 3.60. The largest absolute Gasteiger partial charge is 0.355 e. The first-order valence-electron chi connectivity index (χ1n) is 6.39. The Morgan fingerprint density at radius 3 is 2.74 bits per heavy atom. The zero-order valence-corrected chi connectivity index (χ0v) is 13.2.